The van der Waals surface area contributed by atoms with Gasteiger partial charge in [-0.05, 0) is 16.5 Å². The van der Waals surface area contributed by atoms with Gasteiger partial charge in [-0.3, -0.25) is 0 Å². The molecule has 0 bridgehead atoms. The van der Waals surface area contributed by atoms with E-state index in [4.69, 9.17) is 19.6 Å². The van der Waals surface area contributed by atoms with E-state index in [1.165, 1.54) is 0 Å². The molecule has 11 heteroatoms. The molecule has 152 valence electrons. The van der Waals surface area contributed by atoms with Crippen LogP contribution in [0.1, 0.15) is 38.0 Å². The van der Waals surface area contributed by atoms with Gasteiger partial charge in [-0.25, -0.2) is 4.31 Å². The zero-order chi connectivity index (χ0) is 20.5. The Bertz CT molecular complexity index is 485. The van der Waals surface area contributed by atoms with Gasteiger partial charge in [0.2, 0.25) is 0 Å². The standard InChI is InChI=1S/C15H24O4.H4O5P2/c1-14(2,3)12-6-4-11(5-7-12)13(19)15(8-16,9-17)10-18;1-6(2)5-7(3)4/h4-7,13,16-19H,8-10H2,1-3H3;1-4H. The Morgan fingerprint density at radius 1 is 0.846 bits per heavy atom. The minimum absolute atomic E-state index is 0.0194. The van der Waals surface area contributed by atoms with Crippen molar-refractivity contribution in [2.75, 3.05) is 19.8 Å². The molecule has 0 aromatic heterocycles. The molecule has 26 heavy (non-hydrogen) atoms. The lowest BCUT2D eigenvalue weighted by atomic mass is 9.79. The van der Waals surface area contributed by atoms with Crippen molar-refractivity contribution in [3.8, 4) is 0 Å². The van der Waals surface area contributed by atoms with Crippen molar-refractivity contribution in [1.29, 1.82) is 0 Å². The summed E-state index contributed by atoms with van der Waals surface area (Å²) in [7, 11) is -5.22. The highest BCUT2D eigenvalue weighted by Gasteiger charge is 2.37. The largest absolute Gasteiger partial charge is 0.395 e. The third-order valence-corrected chi connectivity index (χ3v) is 4.93. The number of benzene rings is 1. The second-order valence-electron chi connectivity index (χ2n) is 6.70. The molecule has 0 amide bonds. The van der Waals surface area contributed by atoms with E-state index >= 15 is 0 Å². The summed E-state index contributed by atoms with van der Waals surface area (Å²) in [4.78, 5) is 31.3. The fourth-order valence-electron chi connectivity index (χ4n) is 1.99. The van der Waals surface area contributed by atoms with Crippen LogP contribution in [-0.4, -0.2) is 59.8 Å². The highest BCUT2D eigenvalue weighted by Crippen LogP contribution is 2.41. The van der Waals surface area contributed by atoms with Gasteiger partial charge in [0.25, 0.3) is 0 Å². The molecule has 1 unspecified atom stereocenters. The monoisotopic (exact) mass is 414 g/mol. The van der Waals surface area contributed by atoms with Crippen molar-refractivity contribution >= 4 is 17.2 Å². The summed E-state index contributed by atoms with van der Waals surface area (Å²) >= 11 is 0. The molecule has 1 aromatic carbocycles. The predicted molar refractivity (Wildman–Crippen MR) is 97.6 cm³/mol. The Hall–Kier alpha value is -0.280. The fraction of sp³-hybridized carbons (Fsp3) is 0.600. The van der Waals surface area contributed by atoms with Crippen molar-refractivity contribution in [3.05, 3.63) is 35.4 Å². The van der Waals surface area contributed by atoms with Gasteiger partial charge in [0.15, 0.2) is 0 Å². The highest BCUT2D eigenvalue weighted by atomic mass is 31.2. The molecule has 1 rings (SSSR count). The normalized spacial score (nSPS) is 13.6. The zero-order valence-electron chi connectivity index (χ0n) is 14.9. The Labute approximate surface area is 155 Å². The molecule has 0 saturated carbocycles. The van der Waals surface area contributed by atoms with E-state index < -0.39 is 48.5 Å². The first kappa shape index (κ1) is 25.7. The summed E-state index contributed by atoms with van der Waals surface area (Å²) in [5.74, 6) is 0. The van der Waals surface area contributed by atoms with Crippen LogP contribution in [0.3, 0.4) is 0 Å². The Morgan fingerprint density at radius 3 is 1.46 bits per heavy atom. The van der Waals surface area contributed by atoms with Gasteiger partial charge in [0.05, 0.1) is 31.3 Å². The van der Waals surface area contributed by atoms with Crippen LogP contribution in [0, 0.1) is 5.41 Å². The number of hydrogen-bond acceptors (Lipinski definition) is 9. The number of aliphatic hydroxyl groups excluding tert-OH is 4. The Kier molecular flexibility index (Phi) is 11.4. The SMILES string of the molecule is CC(C)(C)c1ccc(C(O)C(CO)(CO)CO)cc1.OP(O)OP(O)O. The van der Waals surface area contributed by atoms with Gasteiger partial charge in [0.1, 0.15) is 0 Å². The first-order valence-electron chi connectivity index (χ1n) is 7.58. The topological polar surface area (TPSA) is 171 Å². The summed E-state index contributed by atoms with van der Waals surface area (Å²) in [6.45, 7) is 4.83. The molecule has 9 nitrogen and oxygen atoms in total. The minimum atomic E-state index is -2.61. The van der Waals surface area contributed by atoms with Crippen LogP contribution in [-0.2, 0) is 9.73 Å². The summed E-state index contributed by atoms with van der Waals surface area (Å²) in [5, 5.41) is 38.2. The summed E-state index contributed by atoms with van der Waals surface area (Å²) in [6, 6.07) is 7.35. The van der Waals surface area contributed by atoms with Crippen LogP contribution in [0.2, 0.25) is 0 Å². The molecule has 0 aliphatic carbocycles. The van der Waals surface area contributed by atoms with Gasteiger partial charge in [-0.2, -0.15) is 0 Å². The minimum Gasteiger partial charge on any atom is -0.395 e. The second kappa shape index (κ2) is 11.5. The maximum absolute atomic E-state index is 10.2. The third kappa shape index (κ3) is 8.17. The summed E-state index contributed by atoms with van der Waals surface area (Å²) in [5.41, 5.74) is 0.408. The van der Waals surface area contributed by atoms with E-state index in [1.54, 1.807) is 12.1 Å². The van der Waals surface area contributed by atoms with Gasteiger partial charge in [0, 0.05) is 0 Å². The van der Waals surface area contributed by atoms with Crippen LogP contribution in [0.4, 0.5) is 0 Å². The van der Waals surface area contributed by atoms with Crippen LogP contribution < -0.4 is 0 Å². The average molecular weight is 414 g/mol. The summed E-state index contributed by atoms with van der Waals surface area (Å²) in [6.07, 6.45) is -1.11. The van der Waals surface area contributed by atoms with Crippen molar-refractivity contribution in [2.45, 2.75) is 32.3 Å². The van der Waals surface area contributed by atoms with E-state index in [0.717, 1.165) is 5.56 Å². The van der Waals surface area contributed by atoms with Crippen molar-refractivity contribution in [3.63, 3.8) is 0 Å². The van der Waals surface area contributed by atoms with Crippen molar-refractivity contribution < 1.29 is 44.3 Å². The fourth-order valence-corrected chi connectivity index (χ4v) is 2.52. The van der Waals surface area contributed by atoms with Gasteiger partial charge >= 0.3 is 17.2 Å². The Morgan fingerprint density at radius 2 is 1.23 bits per heavy atom. The van der Waals surface area contributed by atoms with E-state index in [-0.39, 0.29) is 5.41 Å². The molecule has 0 fully saturated rings. The number of aliphatic hydroxyl groups is 4. The lowest BCUT2D eigenvalue weighted by molar-refractivity contribution is -0.0852. The summed E-state index contributed by atoms with van der Waals surface area (Å²) < 4.78 is 3.60. The molecular weight excluding hydrogens is 386 g/mol. The van der Waals surface area contributed by atoms with E-state index in [9.17, 15) is 20.4 Å². The van der Waals surface area contributed by atoms with Crippen LogP contribution >= 0.6 is 17.2 Å². The van der Waals surface area contributed by atoms with Crippen LogP contribution in [0.25, 0.3) is 0 Å². The molecule has 0 saturated heterocycles. The molecule has 0 aliphatic rings. The van der Waals surface area contributed by atoms with E-state index in [1.807, 2.05) is 12.1 Å². The first-order valence-corrected chi connectivity index (χ1v) is 9.91. The lowest BCUT2D eigenvalue weighted by Gasteiger charge is -2.33. The number of rotatable bonds is 7. The molecule has 8 N–H and O–H groups in total. The van der Waals surface area contributed by atoms with Crippen molar-refractivity contribution in [2.24, 2.45) is 5.41 Å². The van der Waals surface area contributed by atoms with Gasteiger partial charge in [-0.1, -0.05) is 45.0 Å². The zero-order valence-corrected chi connectivity index (χ0v) is 16.7. The third-order valence-electron chi connectivity index (χ3n) is 3.76. The molecule has 1 atom stereocenters. The molecule has 0 heterocycles. The van der Waals surface area contributed by atoms with Gasteiger partial charge < -0.3 is 40.0 Å². The lowest BCUT2D eigenvalue weighted by Crippen LogP contribution is -2.40. The maximum Gasteiger partial charge on any atom is 0.334 e. The molecular formula is C15H28O9P2. The number of hydrogen-bond donors (Lipinski definition) is 8. The maximum atomic E-state index is 10.2. The quantitative estimate of drug-likeness (QED) is 0.294. The molecule has 0 aliphatic heterocycles. The second-order valence-corrected chi connectivity index (χ2v) is 8.36. The molecule has 0 spiro atoms. The average Bonchev–Trinajstić information content (AvgIpc) is 2.55. The predicted octanol–water partition coefficient (Wildman–Crippen LogP) is 0.407. The first-order chi connectivity index (χ1) is 11.9. The van der Waals surface area contributed by atoms with E-state index in [2.05, 4.69) is 25.1 Å². The Balaban J connectivity index is 0.000000758. The van der Waals surface area contributed by atoms with Crippen LogP contribution in [0.5, 0.6) is 0 Å². The van der Waals surface area contributed by atoms with Crippen LogP contribution in [0.15, 0.2) is 24.3 Å². The smallest absolute Gasteiger partial charge is 0.334 e. The van der Waals surface area contributed by atoms with Crippen molar-refractivity contribution in [1.82, 2.24) is 0 Å². The molecule has 0 radical (unpaired) electrons. The molecule has 1 aromatic rings. The van der Waals surface area contributed by atoms with Gasteiger partial charge in [-0.15, -0.1) is 0 Å². The highest BCUT2D eigenvalue weighted by molar-refractivity contribution is 7.53. The van der Waals surface area contributed by atoms with E-state index in [0.29, 0.717) is 5.56 Å².